The van der Waals surface area contributed by atoms with Gasteiger partial charge in [-0.25, -0.2) is 0 Å². The predicted molar refractivity (Wildman–Crippen MR) is 41.4 cm³/mol. The van der Waals surface area contributed by atoms with Crippen molar-refractivity contribution in [2.75, 3.05) is 0 Å². The van der Waals surface area contributed by atoms with E-state index in [-0.39, 0.29) is 0 Å². The molecular weight excluding hydrogens is 164 g/mol. The molecule has 0 fully saturated rings. The summed E-state index contributed by atoms with van der Waals surface area (Å²) in [5.41, 5.74) is 1.53. The average molecular weight is 169 g/mol. The van der Waals surface area contributed by atoms with Gasteiger partial charge >= 0.3 is 0 Å². The van der Waals surface area contributed by atoms with Gasteiger partial charge in [0.05, 0.1) is 23.2 Å². The van der Waals surface area contributed by atoms with Crippen LogP contribution in [0, 0.1) is 0 Å². The van der Waals surface area contributed by atoms with Gasteiger partial charge in [-0.15, -0.1) is 11.6 Å². The van der Waals surface area contributed by atoms with Gasteiger partial charge in [-0.2, -0.15) is 0 Å². The van der Waals surface area contributed by atoms with Gasteiger partial charge in [0.25, 0.3) is 0 Å². The zero-order valence-electron chi connectivity index (χ0n) is 5.62. The molecule has 2 aromatic heterocycles. The van der Waals surface area contributed by atoms with Crippen molar-refractivity contribution in [2.45, 2.75) is 5.88 Å². The minimum absolute atomic E-state index is 0.399. The Bertz CT molecular complexity index is 371. The molecule has 4 heteroatoms. The van der Waals surface area contributed by atoms with Crippen LogP contribution in [0.1, 0.15) is 5.69 Å². The van der Waals surface area contributed by atoms with Crippen LogP contribution in [0.25, 0.3) is 11.0 Å². The third-order valence-electron chi connectivity index (χ3n) is 1.43. The molecule has 0 aliphatic rings. The predicted octanol–water partition coefficient (Wildman–Crippen LogP) is 1.96. The smallest absolute Gasteiger partial charge is 0.170 e. The summed E-state index contributed by atoms with van der Waals surface area (Å²) < 4.78 is 4.91. The van der Waals surface area contributed by atoms with Crippen LogP contribution in [0.4, 0.5) is 0 Å². The highest BCUT2D eigenvalue weighted by Crippen LogP contribution is 2.13. The van der Waals surface area contributed by atoms with Crippen LogP contribution in [0.15, 0.2) is 23.0 Å². The van der Waals surface area contributed by atoms with Crippen molar-refractivity contribution in [2.24, 2.45) is 0 Å². The molecule has 0 atom stereocenters. The van der Waals surface area contributed by atoms with Gasteiger partial charge in [0, 0.05) is 12.3 Å². The van der Waals surface area contributed by atoms with Crippen LogP contribution in [0.2, 0.25) is 0 Å². The van der Waals surface area contributed by atoms with E-state index in [1.165, 1.54) is 0 Å². The summed E-state index contributed by atoms with van der Waals surface area (Å²) >= 11 is 5.57. The highest BCUT2D eigenvalue weighted by Gasteiger charge is 1.99. The molecule has 0 saturated carbocycles. The van der Waals surface area contributed by atoms with Crippen LogP contribution < -0.4 is 0 Å². The zero-order valence-corrected chi connectivity index (χ0v) is 6.38. The Hall–Kier alpha value is -1.09. The van der Waals surface area contributed by atoms with Crippen LogP contribution >= 0.6 is 11.6 Å². The van der Waals surface area contributed by atoms with Gasteiger partial charge in [-0.1, -0.05) is 5.16 Å². The lowest BCUT2D eigenvalue weighted by molar-refractivity contribution is 0.456. The number of fused-ring (bicyclic) bond motifs is 1. The highest BCUT2D eigenvalue weighted by atomic mass is 35.5. The van der Waals surface area contributed by atoms with Gasteiger partial charge in [0.15, 0.2) is 5.58 Å². The number of hydrogen-bond donors (Lipinski definition) is 0. The first kappa shape index (κ1) is 6.61. The number of alkyl halides is 1. The quantitative estimate of drug-likeness (QED) is 0.611. The van der Waals surface area contributed by atoms with E-state index in [4.69, 9.17) is 16.1 Å². The lowest BCUT2D eigenvalue weighted by Gasteiger charge is -1.90. The second-order valence-corrected chi connectivity index (χ2v) is 2.44. The Morgan fingerprint density at radius 1 is 1.45 bits per heavy atom. The summed E-state index contributed by atoms with van der Waals surface area (Å²) in [6.45, 7) is 0. The first-order chi connectivity index (χ1) is 5.40. The maximum Gasteiger partial charge on any atom is 0.170 e. The summed E-state index contributed by atoms with van der Waals surface area (Å²) in [6.07, 6.45) is 3.32. The lowest BCUT2D eigenvalue weighted by Crippen LogP contribution is -1.81. The van der Waals surface area contributed by atoms with Crippen LogP contribution in [-0.4, -0.2) is 10.1 Å². The third kappa shape index (κ3) is 1.07. The molecule has 0 radical (unpaired) electrons. The number of rotatable bonds is 1. The number of hydrogen-bond acceptors (Lipinski definition) is 3. The zero-order chi connectivity index (χ0) is 7.68. The van der Waals surface area contributed by atoms with Gasteiger partial charge in [-0.05, 0) is 0 Å². The Balaban J connectivity index is 2.67. The first-order valence-corrected chi connectivity index (χ1v) is 3.69. The first-order valence-electron chi connectivity index (χ1n) is 3.15. The summed E-state index contributed by atoms with van der Waals surface area (Å²) in [7, 11) is 0. The van der Waals surface area contributed by atoms with Crippen molar-refractivity contribution >= 4 is 22.6 Å². The standard InChI is InChI=1S/C7H5ClN2O/c8-2-6-1-7-5(3-9-6)4-10-11-7/h1,3-4H,2H2. The Morgan fingerprint density at radius 3 is 3.18 bits per heavy atom. The Labute approximate surface area is 68.0 Å². The lowest BCUT2D eigenvalue weighted by atomic mass is 10.3. The van der Waals surface area contributed by atoms with Crippen molar-refractivity contribution < 1.29 is 4.52 Å². The minimum Gasteiger partial charge on any atom is -0.356 e. The van der Waals surface area contributed by atoms with E-state index in [0.29, 0.717) is 5.88 Å². The third-order valence-corrected chi connectivity index (χ3v) is 1.71. The van der Waals surface area contributed by atoms with Crippen molar-refractivity contribution in [3.8, 4) is 0 Å². The second kappa shape index (κ2) is 2.51. The molecule has 0 aliphatic heterocycles. The molecule has 0 saturated heterocycles. The largest absolute Gasteiger partial charge is 0.356 e. The molecule has 0 spiro atoms. The van der Waals surface area contributed by atoms with E-state index in [1.807, 2.05) is 0 Å². The monoisotopic (exact) mass is 168 g/mol. The molecular formula is C7H5ClN2O. The fourth-order valence-electron chi connectivity index (χ4n) is 0.877. The molecule has 0 unspecified atom stereocenters. The highest BCUT2D eigenvalue weighted by molar-refractivity contribution is 6.17. The Kier molecular flexibility index (Phi) is 1.51. The molecule has 0 N–H and O–H groups in total. The SMILES string of the molecule is ClCc1cc2oncc2cn1. The molecule has 0 bridgehead atoms. The number of aromatic nitrogens is 2. The van der Waals surface area contributed by atoms with Crippen molar-refractivity contribution in [3.05, 3.63) is 24.2 Å². The molecule has 3 nitrogen and oxygen atoms in total. The van der Waals surface area contributed by atoms with Crippen molar-refractivity contribution in [1.29, 1.82) is 0 Å². The van der Waals surface area contributed by atoms with E-state index < -0.39 is 0 Å². The molecule has 11 heavy (non-hydrogen) atoms. The Morgan fingerprint density at radius 2 is 2.36 bits per heavy atom. The van der Waals surface area contributed by atoms with Gasteiger partial charge in [0.1, 0.15) is 0 Å². The van der Waals surface area contributed by atoms with Crippen molar-refractivity contribution in [3.63, 3.8) is 0 Å². The molecule has 2 rings (SSSR count). The summed E-state index contributed by atoms with van der Waals surface area (Å²) in [4.78, 5) is 4.07. The second-order valence-electron chi connectivity index (χ2n) is 2.17. The van der Waals surface area contributed by atoms with Crippen LogP contribution in [0.3, 0.4) is 0 Å². The van der Waals surface area contributed by atoms with E-state index in [9.17, 15) is 0 Å². The summed E-state index contributed by atoms with van der Waals surface area (Å²) in [5, 5.41) is 4.52. The fraction of sp³-hybridized carbons (Fsp3) is 0.143. The number of nitrogens with zero attached hydrogens (tertiary/aromatic N) is 2. The normalized spacial score (nSPS) is 10.6. The van der Waals surface area contributed by atoms with Gasteiger partial charge in [-0.3, -0.25) is 4.98 Å². The maximum atomic E-state index is 5.57. The molecule has 0 amide bonds. The minimum atomic E-state index is 0.399. The molecule has 2 aromatic rings. The molecule has 2 heterocycles. The van der Waals surface area contributed by atoms with Gasteiger partial charge < -0.3 is 4.52 Å². The molecule has 56 valence electrons. The van der Waals surface area contributed by atoms with Gasteiger partial charge in [0.2, 0.25) is 0 Å². The average Bonchev–Trinajstić information content (AvgIpc) is 2.50. The fourth-order valence-corrected chi connectivity index (χ4v) is 1.02. The van der Waals surface area contributed by atoms with Crippen molar-refractivity contribution in [1.82, 2.24) is 10.1 Å². The molecule has 0 aliphatic carbocycles. The van der Waals surface area contributed by atoms with E-state index in [0.717, 1.165) is 16.7 Å². The number of pyridine rings is 1. The maximum absolute atomic E-state index is 5.57. The summed E-state index contributed by atoms with van der Waals surface area (Å²) in [6, 6.07) is 1.79. The van der Waals surface area contributed by atoms with E-state index >= 15 is 0 Å². The van der Waals surface area contributed by atoms with Crippen LogP contribution in [-0.2, 0) is 5.88 Å². The van der Waals surface area contributed by atoms with E-state index in [1.54, 1.807) is 18.5 Å². The van der Waals surface area contributed by atoms with Crippen LogP contribution in [0.5, 0.6) is 0 Å². The molecule has 0 aromatic carbocycles. The topological polar surface area (TPSA) is 38.9 Å². The number of halogens is 1. The van der Waals surface area contributed by atoms with E-state index in [2.05, 4.69) is 10.1 Å². The summed E-state index contributed by atoms with van der Waals surface area (Å²) in [5.74, 6) is 0.399.